The van der Waals surface area contributed by atoms with E-state index in [1.54, 1.807) is 50.3 Å². The summed E-state index contributed by atoms with van der Waals surface area (Å²) in [6, 6.07) is 6.47. The van der Waals surface area contributed by atoms with E-state index in [0.29, 0.717) is 48.3 Å². The molecule has 1 fully saturated rings. The Labute approximate surface area is 235 Å². The van der Waals surface area contributed by atoms with Crippen LogP contribution in [0.25, 0.3) is 12.2 Å². The van der Waals surface area contributed by atoms with Crippen LogP contribution in [-0.4, -0.2) is 54.4 Å². The van der Waals surface area contributed by atoms with Crippen LogP contribution in [0, 0.1) is 0 Å². The number of carboxylic acids is 2. The van der Waals surface area contributed by atoms with Crippen LogP contribution in [0.4, 0.5) is 0 Å². The zero-order valence-corrected chi connectivity index (χ0v) is 22.9. The third kappa shape index (κ3) is 8.15. The number of carbonyl (C=O) groups excluding carboxylic acids is 1. The van der Waals surface area contributed by atoms with Gasteiger partial charge in [0.05, 0.1) is 23.3 Å². The summed E-state index contributed by atoms with van der Waals surface area (Å²) in [5.74, 6) is -1.64. The molecular formula is C28H28Cl2O9. The molecule has 208 valence electrons. The van der Waals surface area contributed by atoms with Crippen molar-refractivity contribution in [2.75, 3.05) is 26.4 Å². The predicted octanol–water partition coefficient (Wildman–Crippen LogP) is 5.94. The Kier molecular flexibility index (Phi) is 10.7. The summed E-state index contributed by atoms with van der Waals surface area (Å²) in [6.45, 7) is 3.00. The lowest BCUT2D eigenvalue weighted by atomic mass is 9.87. The molecule has 0 aromatic heterocycles. The van der Waals surface area contributed by atoms with Crippen LogP contribution in [-0.2, 0) is 14.4 Å². The van der Waals surface area contributed by atoms with Gasteiger partial charge < -0.3 is 29.2 Å². The average Bonchev–Trinajstić information content (AvgIpc) is 2.85. The fraction of sp³-hybridized carbons (Fsp3) is 0.321. The lowest BCUT2D eigenvalue weighted by Gasteiger charge is -2.18. The Balaban J connectivity index is 1.92. The number of hydrogen-bond donors (Lipinski definition) is 2. The lowest BCUT2D eigenvalue weighted by Crippen LogP contribution is -2.13. The summed E-state index contributed by atoms with van der Waals surface area (Å²) in [4.78, 5) is 35.2. The molecule has 0 bridgehead atoms. The molecule has 0 amide bonds. The molecule has 0 saturated heterocycles. The first-order valence-corrected chi connectivity index (χ1v) is 13.0. The number of carbonyl (C=O) groups is 3. The zero-order chi connectivity index (χ0) is 28.5. The van der Waals surface area contributed by atoms with E-state index < -0.39 is 25.2 Å². The van der Waals surface area contributed by atoms with Crippen molar-refractivity contribution >= 4 is 53.1 Å². The highest BCUT2D eigenvalue weighted by atomic mass is 35.5. The molecule has 9 nitrogen and oxygen atoms in total. The highest BCUT2D eigenvalue weighted by Crippen LogP contribution is 2.40. The number of aliphatic carboxylic acids is 2. The molecule has 3 rings (SSSR count). The minimum atomic E-state index is -1.15. The predicted molar refractivity (Wildman–Crippen MR) is 146 cm³/mol. The number of Topliss-reactive ketones (excluding diaryl/α,β-unsaturated/α-hetero) is 1. The molecule has 0 unspecified atom stereocenters. The highest BCUT2D eigenvalue weighted by molar-refractivity contribution is 6.33. The second-order valence-electron chi connectivity index (χ2n) is 8.41. The minimum absolute atomic E-state index is 0.122. The number of benzene rings is 2. The van der Waals surface area contributed by atoms with Crippen molar-refractivity contribution in [3.05, 3.63) is 56.6 Å². The van der Waals surface area contributed by atoms with Gasteiger partial charge in [-0.1, -0.05) is 23.2 Å². The number of ether oxygens (including phenoxy) is 4. The van der Waals surface area contributed by atoms with E-state index in [0.717, 1.165) is 6.42 Å². The summed E-state index contributed by atoms with van der Waals surface area (Å²) in [6.07, 6.45) is 5.31. The van der Waals surface area contributed by atoms with E-state index in [1.807, 2.05) is 0 Å². The molecule has 39 heavy (non-hydrogen) atoms. The molecule has 2 N–H and O–H groups in total. The van der Waals surface area contributed by atoms with E-state index in [9.17, 15) is 14.4 Å². The Morgan fingerprint density at radius 1 is 0.769 bits per heavy atom. The second-order valence-corrected chi connectivity index (χ2v) is 9.23. The summed E-state index contributed by atoms with van der Waals surface area (Å²) >= 11 is 12.7. The normalized spacial score (nSPS) is 15.3. The maximum absolute atomic E-state index is 13.4. The van der Waals surface area contributed by atoms with Gasteiger partial charge in [-0.05, 0) is 80.7 Å². The largest absolute Gasteiger partial charge is 0.490 e. The summed E-state index contributed by atoms with van der Waals surface area (Å²) in [5, 5.41) is 18.2. The molecule has 1 aliphatic rings. The van der Waals surface area contributed by atoms with Crippen molar-refractivity contribution in [2.24, 2.45) is 0 Å². The molecule has 2 aromatic rings. The van der Waals surface area contributed by atoms with Gasteiger partial charge in [-0.3, -0.25) is 4.79 Å². The van der Waals surface area contributed by atoms with Gasteiger partial charge >= 0.3 is 11.9 Å². The molecule has 11 heteroatoms. The molecule has 2 aromatic carbocycles. The first-order valence-electron chi connectivity index (χ1n) is 12.2. The van der Waals surface area contributed by atoms with E-state index >= 15 is 0 Å². The standard InChI is InChI=1S/C28H28Cl2O9/c1-3-36-22-12-16(10-20(29)27(22)38-14-24(31)32)8-18-6-5-7-19(26(18)35)9-17-11-21(30)28(39-15-25(33)34)23(13-17)37-4-2/h8-13H,3-7,14-15H2,1-2H3,(H,31,32)(H,33,34)/b18-8+,19-9+. The molecule has 0 aliphatic heterocycles. The van der Waals surface area contributed by atoms with Crippen LogP contribution in [0.2, 0.25) is 10.0 Å². The third-order valence-electron chi connectivity index (χ3n) is 5.50. The second kappa shape index (κ2) is 13.9. The van der Waals surface area contributed by atoms with Gasteiger partial charge in [0.2, 0.25) is 0 Å². The van der Waals surface area contributed by atoms with E-state index in [1.165, 1.54) is 0 Å². The quantitative estimate of drug-likeness (QED) is 0.294. The van der Waals surface area contributed by atoms with Crippen LogP contribution in [0.1, 0.15) is 44.2 Å². The summed E-state index contributed by atoms with van der Waals surface area (Å²) in [5.41, 5.74) is 2.36. The van der Waals surface area contributed by atoms with Gasteiger partial charge in [-0.2, -0.15) is 0 Å². The van der Waals surface area contributed by atoms with E-state index in [4.69, 9.17) is 52.4 Å². The number of ketones is 1. The maximum Gasteiger partial charge on any atom is 0.341 e. The zero-order valence-electron chi connectivity index (χ0n) is 21.4. The van der Waals surface area contributed by atoms with Crippen LogP contribution in [0.3, 0.4) is 0 Å². The Bertz CT molecular complexity index is 1220. The fourth-order valence-electron chi connectivity index (χ4n) is 4.00. The van der Waals surface area contributed by atoms with Crippen molar-refractivity contribution in [3.8, 4) is 23.0 Å². The van der Waals surface area contributed by atoms with Crippen LogP contribution in [0.15, 0.2) is 35.4 Å². The maximum atomic E-state index is 13.4. The average molecular weight is 579 g/mol. The highest BCUT2D eigenvalue weighted by Gasteiger charge is 2.22. The number of allylic oxidation sites excluding steroid dienone is 2. The van der Waals surface area contributed by atoms with Crippen molar-refractivity contribution in [2.45, 2.75) is 33.1 Å². The molecule has 0 radical (unpaired) electrons. The fourth-order valence-corrected chi connectivity index (χ4v) is 4.54. The van der Waals surface area contributed by atoms with E-state index in [2.05, 4.69) is 0 Å². The molecule has 1 saturated carbocycles. The van der Waals surface area contributed by atoms with Gasteiger partial charge in [0.15, 0.2) is 42.0 Å². The molecule has 0 spiro atoms. The summed E-state index contributed by atoms with van der Waals surface area (Å²) < 4.78 is 21.8. The molecule has 1 aliphatic carbocycles. The lowest BCUT2D eigenvalue weighted by molar-refractivity contribution is -0.140. The SMILES string of the molecule is CCOc1cc(/C=C2\CCC/C(=C\c3cc(Cl)c(OCC(=O)O)c(OCC)c3)C2=O)cc(Cl)c1OCC(=O)O. The van der Waals surface area contributed by atoms with Crippen LogP contribution < -0.4 is 18.9 Å². The van der Waals surface area contributed by atoms with Gasteiger partial charge in [0.25, 0.3) is 0 Å². The topological polar surface area (TPSA) is 129 Å². The smallest absolute Gasteiger partial charge is 0.341 e. The number of halogens is 2. The van der Waals surface area contributed by atoms with Crippen molar-refractivity contribution in [3.63, 3.8) is 0 Å². The van der Waals surface area contributed by atoms with Gasteiger partial charge in [-0.15, -0.1) is 0 Å². The van der Waals surface area contributed by atoms with Crippen molar-refractivity contribution in [1.82, 2.24) is 0 Å². The van der Waals surface area contributed by atoms with Gasteiger partial charge in [-0.25, -0.2) is 9.59 Å². The van der Waals surface area contributed by atoms with Gasteiger partial charge in [0.1, 0.15) is 0 Å². The van der Waals surface area contributed by atoms with E-state index in [-0.39, 0.29) is 38.8 Å². The third-order valence-corrected chi connectivity index (χ3v) is 6.06. The molecule has 0 heterocycles. The number of hydrogen-bond acceptors (Lipinski definition) is 7. The van der Waals surface area contributed by atoms with Crippen LogP contribution in [0.5, 0.6) is 23.0 Å². The number of carboxylic acid groups (broad SMARTS) is 2. The Hall–Kier alpha value is -3.69. The monoisotopic (exact) mass is 578 g/mol. The summed E-state index contributed by atoms with van der Waals surface area (Å²) in [7, 11) is 0. The molecule has 0 atom stereocenters. The first-order chi connectivity index (χ1) is 18.6. The first kappa shape index (κ1) is 29.9. The Morgan fingerprint density at radius 3 is 1.54 bits per heavy atom. The van der Waals surface area contributed by atoms with Crippen LogP contribution >= 0.6 is 23.2 Å². The number of rotatable bonds is 12. The minimum Gasteiger partial charge on any atom is -0.490 e. The van der Waals surface area contributed by atoms with Gasteiger partial charge in [0, 0.05) is 11.1 Å². The van der Waals surface area contributed by atoms with Crippen molar-refractivity contribution in [1.29, 1.82) is 0 Å². The molecular weight excluding hydrogens is 551 g/mol. The van der Waals surface area contributed by atoms with Crippen molar-refractivity contribution < 1.29 is 43.5 Å². The Morgan fingerprint density at radius 2 is 1.18 bits per heavy atom.